The number of hydrogen-bond acceptors (Lipinski definition) is 6. The fraction of sp³-hybridized carbons (Fsp3) is 0.407. The Labute approximate surface area is 210 Å². The number of nitrogens with zero attached hydrogens (tertiary/aromatic N) is 5. The monoisotopic (exact) mass is 489 g/mol. The molecule has 0 aliphatic carbocycles. The van der Waals surface area contributed by atoms with Crippen LogP contribution in [0.15, 0.2) is 60.1 Å². The van der Waals surface area contributed by atoms with Crippen molar-refractivity contribution in [2.75, 3.05) is 19.6 Å². The Morgan fingerprint density at radius 1 is 1.00 bits per heavy atom. The van der Waals surface area contributed by atoms with Crippen LogP contribution >= 0.6 is 11.3 Å². The third-order valence-corrected chi connectivity index (χ3v) is 7.71. The van der Waals surface area contributed by atoms with Crippen LogP contribution in [0.3, 0.4) is 0 Å². The van der Waals surface area contributed by atoms with Gasteiger partial charge in [0.2, 0.25) is 0 Å². The molecule has 0 unspecified atom stereocenters. The molecule has 1 aromatic carbocycles. The first-order chi connectivity index (χ1) is 17.0. The zero-order chi connectivity index (χ0) is 24.4. The van der Waals surface area contributed by atoms with Crippen molar-refractivity contribution in [1.82, 2.24) is 24.7 Å². The number of pyridine rings is 1. The van der Waals surface area contributed by atoms with Crippen molar-refractivity contribution in [3.63, 3.8) is 0 Å². The largest absolute Gasteiger partial charge is 0.328 e. The number of aromatic nitrogens is 2. The van der Waals surface area contributed by atoms with Gasteiger partial charge < -0.3 is 4.90 Å². The van der Waals surface area contributed by atoms with Gasteiger partial charge in [0.25, 0.3) is 5.91 Å². The van der Waals surface area contributed by atoms with Crippen LogP contribution in [0.2, 0.25) is 0 Å². The molecule has 2 aliphatic heterocycles. The van der Waals surface area contributed by atoms with Crippen molar-refractivity contribution in [2.24, 2.45) is 5.92 Å². The van der Waals surface area contributed by atoms with Crippen molar-refractivity contribution in [2.45, 2.75) is 45.3 Å². The van der Waals surface area contributed by atoms with Gasteiger partial charge in [-0.2, -0.15) is 0 Å². The first-order valence-electron chi connectivity index (χ1n) is 12.2. The van der Waals surface area contributed by atoms with Crippen molar-refractivity contribution in [3.8, 4) is 11.3 Å². The highest BCUT2D eigenvalue weighted by molar-refractivity contribution is 7.09. The van der Waals surface area contributed by atoms with Gasteiger partial charge in [-0.25, -0.2) is 9.78 Å². The predicted octanol–water partition coefficient (Wildman–Crippen LogP) is 4.66. The van der Waals surface area contributed by atoms with Gasteiger partial charge in [-0.05, 0) is 30.9 Å². The number of urea groups is 1. The van der Waals surface area contributed by atoms with Gasteiger partial charge in [0, 0.05) is 36.8 Å². The van der Waals surface area contributed by atoms with Crippen LogP contribution in [-0.2, 0) is 17.9 Å². The molecule has 2 fully saturated rings. The van der Waals surface area contributed by atoms with Gasteiger partial charge in [0.05, 0.1) is 24.5 Å². The zero-order valence-corrected chi connectivity index (χ0v) is 21.1. The molecule has 0 radical (unpaired) electrons. The number of thiazole rings is 1. The molecular formula is C27H31N5O2S. The molecule has 35 heavy (non-hydrogen) atoms. The summed E-state index contributed by atoms with van der Waals surface area (Å²) in [5.41, 5.74) is 2.10. The maximum atomic E-state index is 13.7. The van der Waals surface area contributed by atoms with E-state index in [4.69, 9.17) is 4.98 Å². The van der Waals surface area contributed by atoms with E-state index in [0.717, 1.165) is 41.6 Å². The maximum Gasteiger partial charge on any atom is 0.328 e. The third-order valence-electron chi connectivity index (χ3n) is 6.88. The minimum Gasteiger partial charge on any atom is -0.309 e. The average molecular weight is 490 g/mol. The fourth-order valence-corrected chi connectivity index (χ4v) is 5.92. The van der Waals surface area contributed by atoms with Crippen LogP contribution in [0.1, 0.15) is 37.4 Å². The normalized spacial score (nSPS) is 18.3. The molecule has 0 N–H and O–H groups in total. The summed E-state index contributed by atoms with van der Waals surface area (Å²) in [4.78, 5) is 41.9. The molecule has 5 rings (SSSR count). The lowest BCUT2D eigenvalue weighted by Gasteiger charge is -2.42. The minimum atomic E-state index is -0.759. The standard InChI is InChI=1S/C27H31N5O2S/c1-20(2)16-32-26(34)31(17-22-10-6-7-13-28-22)25(33)27(32)11-14-30(15-12-27)18-24-29-23(19-35-24)21-8-4-3-5-9-21/h3-10,13,19-20H,11-12,14-18H2,1-2H3. The lowest BCUT2D eigenvalue weighted by molar-refractivity contribution is -0.136. The summed E-state index contributed by atoms with van der Waals surface area (Å²) in [5, 5.41) is 3.18. The van der Waals surface area contributed by atoms with Crippen molar-refractivity contribution in [3.05, 3.63) is 70.8 Å². The molecule has 8 heteroatoms. The van der Waals surface area contributed by atoms with E-state index in [0.29, 0.717) is 19.4 Å². The predicted molar refractivity (Wildman–Crippen MR) is 137 cm³/mol. The Kier molecular flexibility index (Phi) is 6.67. The number of imide groups is 1. The maximum absolute atomic E-state index is 13.7. The Hall–Kier alpha value is -3.10. The SMILES string of the molecule is CC(C)CN1C(=O)N(Cc2ccccn2)C(=O)C12CCN(Cc1nc(-c3ccccc3)cs1)CC2. The lowest BCUT2D eigenvalue weighted by atomic mass is 9.85. The minimum absolute atomic E-state index is 0.0749. The molecule has 0 atom stereocenters. The van der Waals surface area contributed by atoms with E-state index in [1.54, 1.807) is 17.5 Å². The second-order valence-electron chi connectivity index (χ2n) is 9.80. The summed E-state index contributed by atoms with van der Waals surface area (Å²) in [6.07, 6.45) is 2.97. The third kappa shape index (κ3) is 4.73. The molecule has 0 saturated carbocycles. The molecule has 2 aliphatic rings. The molecule has 4 heterocycles. The molecule has 2 aromatic heterocycles. The number of likely N-dealkylation sites (tertiary alicyclic amines) is 1. The highest BCUT2D eigenvalue weighted by Gasteiger charge is 2.57. The summed E-state index contributed by atoms with van der Waals surface area (Å²) in [5.74, 6) is 0.206. The summed E-state index contributed by atoms with van der Waals surface area (Å²) in [7, 11) is 0. The smallest absolute Gasteiger partial charge is 0.309 e. The molecule has 7 nitrogen and oxygen atoms in total. The van der Waals surface area contributed by atoms with Crippen molar-refractivity contribution < 1.29 is 9.59 Å². The highest BCUT2D eigenvalue weighted by Crippen LogP contribution is 2.39. The molecule has 2 saturated heterocycles. The number of benzene rings is 1. The number of carbonyl (C=O) groups excluding carboxylic acids is 2. The highest BCUT2D eigenvalue weighted by atomic mass is 32.1. The van der Waals surface area contributed by atoms with E-state index in [9.17, 15) is 9.59 Å². The van der Waals surface area contributed by atoms with Crippen LogP contribution in [-0.4, -0.2) is 61.8 Å². The summed E-state index contributed by atoms with van der Waals surface area (Å²) in [6, 6.07) is 15.6. The summed E-state index contributed by atoms with van der Waals surface area (Å²) < 4.78 is 0. The van der Waals surface area contributed by atoms with Crippen LogP contribution in [0.25, 0.3) is 11.3 Å². The second-order valence-corrected chi connectivity index (χ2v) is 10.7. The Morgan fingerprint density at radius 3 is 2.43 bits per heavy atom. The Bertz CT molecular complexity index is 1170. The Morgan fingerprint density at radius 2 is 1.74 bits per heavy atom. The van der Waals surface area contributed by atoms with E-state index >= 15 is 0 Å². The van der Waals surface area contributed by atoms with Crippen LogP contribution in [0.5, 0.6) is 0 Å². The lowest BCUT2D eigenvalue weighted by Crippen LogP contribution is -2.57. The fourth-order valence-electron chi connectivity index (χ4n) is 5.07. The summed E-state index contributed by atoms with van der Waals surface area (Å²) in [6.45, 7) is 7.26. The van der Waals surface area contributed by atoms with E-state index in [2.05, 4.69) is 41.2 Å². The Balaban J connectivity index is 1.29. The van der Waals surface area contributed by atoms with Gasteiger partial charge in [-0.15, -0.1) is 11.3 Å². The molecule has 182 valence electrons. The van der Waals surface area contributed by atoms with Crippen LogP contribution in [0, 0.1) is 5.92 Å². The first kappa shape index (κ1) is 23.6. The van der Waals surface area contributed by atoms with Crippen molar-refractivity contribution >= 4 is 23.3 Å². The number of hydrogen-bond donors (Lipinski definition) is 0. The first-order valence-corrected chi connectivity index (χ1v) is 13.1. The molecule has 3 amide bonds. The summed E-state index contributed by atoms with van der Waals surface area (Å²) >= 11 is 1.67. The van der Waals surface area contributed by atoms with Crippen molar-refractivity contribution in [1.29, 1.82) is 0 Å². The van der Waals surface area contributed by atoms with Gasteiger partial charge in [-0.3, -0.25) is 19.6 Å². The molecule has 1 spiro atoms. The number of carbonyl (C=O) groups is 2. The van der Waals surface area contributed by atoms with Gasteiger partial charge >= 0.3 is 6.03 Å². The van der Waals surface area contributed by atoms with Gasteiger partial charge in [-0.1, -0.05) is 50.2 Å². The van der Waals surface area contributed by atoms with E-state index in [1.165, 1.54) is 4.90 Å². The van der Waals surface area contributed by atoms with Gasteiger partial charge in [0.15, 0.2) is 0 Å². The van der Waals surface area contributed by atoms with Crippen LogP contribution in [0.4, 0.5) is 4.79 Å². The molecule has 3 aromatic rings. The molecular weight excluding hydrogens is 458 g/mol. The number of piperidine rings is 1. The second kappa shape index (κ2) is 9.87. The topological polar surface area (TPSA) is 69.6 Å². The number of amides is 3. The zero-order valence-electron chi connectivity index (χ0n) is 20.3. The van der Waals surface area contributed by atoms with Crippen LogP contribution < -0.4 is 0 Å². The molecule has 0 bridgehead atoms. The van der Waals surface area contributed by atoms with E-state index in [-0.39, 0.29) is 24.4 Å². The average Bonchev–Trinajstić information content (AvgIpc) is 3.41. The van der Waals surface area contributed by atoms with E-state index < -0.39 is 5.54 Å². The van der Waals surface area contributed by atoms with Gasteiger partial charge in [0.1, 0.15) is 10.5 Å². The van der Waals surface area contributed by atoms with E-state index in [1.807, 2.05) is 41.3 Å². The quantitative estimate of drug-likeness (QED) is 0.452. The number of rotatable bonds is 7.